The van der Waals surface area contributed by atoms with Crippen LogP contribution >= 0.6 is 0 Å². The lowest BCUT2D eigenvalue weighted by molar-refractivity contribution is -0.384. The molecule has 2 aromatic carbocycles. The van der Waals surface area contributed by atoms with Gasteiger partial charge in [0.15, 0.2) is 0 Å². The Hall–Kier alpha value is -4.53. The fraction of sp³-hybridized carbons (Fsp3) is 0.222. The van der Waals surface area contributed by atoms with Crippen molar-refractivity contribution in [3.8, 4) is 5.75 Å². The van der Waals surface area contributed by atoms with E-state index in [1.165, 1.54) is 23.1 Å². The number of likely N-dealkylation sites (tertiary alicyclic amines) is 1. The number of hydrogen-bond donors (Lipinski definition) is 1. The molecule has 1 N–H and O–H groups in total. The highest BCUT2D eigenvalue weighted by Gasteiger charge is 2.46. The molecule has 1 aliphatic rings. The fourth-order valence-corrected chi connectivity index (χ4v) is 4.11. The molecular formula is C27H25N3O6. The number of carbonyl (C=O) groups is 2. The number of amides is 1. The molecule has 1 saturated heterocycles. The topological polar surface area (TPSA) is 123 Å². The van der Waals surface area contributed by atoms with Crippen molar-refractivity contribution in [3.63, 3.8) is 0 Å². The summed E-state index contributed by atoms with van der Waals surface area (Å²) in [6.45, 7) is 2.60. The quantitative estimate of drug-likeness (QED) is 0.115. The van der Waals surface area contributed by atoms with Crippen LogP contribution in [0.5, 0.6) is 5.75 Å². The van der Waals surface area contributed by atoms with Crippen LogP contribution in [0.4, 0.5) is 5.69 Å². The Kier molecular flexibility index (Phi) is 7.39. The minimum Gasteiger partial charge on any atom is -0.507 e. The molecule has 1 aliphatic heterocycles. The van der Waals surface area contributed by atoms with Crippen LogP contribution < -0.4 is 4.74 Å². The van der Waals surface area contributed by atoms with Gasteiger partial charge in [-0.2, -0.15) is 0 Å². The first-order chi connectivity index (χ1) is 17.4. The zero-order chi connectivity index (χ0) is 25.7. The number of nitro benzene ring substituents is 1. The average molecular weight is 488 g/mol. The van der Waals surface area contributed by atoms with Gasteiger partial charge < -0.3 is 14.7 Å². The number of rotatable bonds is 9. The molecule has 9 heteroatoms. The first-order valence-corrected chi connectivity index (χ1v) is 11.6. The van der Waals surface area contributed by atoms with Gasteiger partial charge in [0.05, 0.1) is 23.1 Å². The number of benzene rings is 2. The van der Waals surface area contributed by atoms with Gasteiger partial charge in [-0.15, -0.1) is 0 Å². The summed E-state index contributed by atoms with van der Waals surface area (Å²) in [5.41, 5.74) is 1.04. The van der Waals surface area contributed by atoms with Gasteiger partial charge in [0.1, 0.15) is 11.5 Å². The van der Waals surface area contributed by atoms with Crippen molar-refractivity contribution in [2.24, 2.45) is 0 Å². The van der Waals surface area contributed by atoms with Crippen LogP contribution in [0.1, 0.15) is 42.5 Å². The minimum atomic E-state index is -1.03. The normalized spacial score (nSPS) is 16.8. The standard InChI is InChI=1S/C27H25N3O6/c1-2-3-14-36-22-9-5-7-20(16-22)25(31)23-24(19-6-4-8-21(15-19)30(34)35)29(27(33)26(23)32)17-18-10-12-28-13-11-18/h4-13,15-16,24,31H,2-3,14,17H2,1H3. The number of pyridine rings is 1. The Morgan fingerprint density at radius 3 is 2.58 bits per heavy atom. The number of ketones is 1. The second-order valence-corrected chi connectivity index (χ2v) is 8.36. The van der Waals surface area contributed by atoms with E-state index in [-0.39, 0.29) is 23.6 Å². The van der Waals surface area contributed by atoms with Crippen LogP contribution in [0.25, 0.3) is 5.76 Å². The lowest BCUT2D eigenvalue weighted by atomic mass is 9.94. The number of carbonyl (C=O) groups excluding carboxylic acids is 2. The van der Waals surface area contributed by atoms with Crippen molar-refractivity contribution in [2.75, 3.05) is 6.61 Å². The molecule has 1 unspecified atom stereocenters. The van der Waals surface area contributed by atoms with E-state index in [0.29, 0.717) is 29.0 Å². The molecule has 0 spiro atoms. The molecule has 0 saturated carbocycles. The second-order valence-electron chi connectivity index (χ2n) is 8.36. The Labute approximate surface area is 207 Å². The number of hydrogen-bond acceptors (Lipinski definition) is 7. The molecule has 1 fully saturated rings. The van der Waals surface area contributed by atoms with Gasteiger partial charge in [0.25, 0.3) is 17.4 Å². The lowest BCUT2D eigenvalue weighted by Crippen LogP contribution is -2.29. The molecule has 36 heavy (non-hydrogen) atoms. The molecule has 4 rings (SSSR count). The maximum Gasteiger partial charge on any atom is 0.295 e. The van der Waals surface area contributed by atoms with E-state index in [0.717, 1.165) is 12.8 Å². The molecule has 1 atom stereocenters. The summed E-state index contributed by atoms with van der Waals surface area (Å²) in [5.74, 6) is -1.52. The highest BCUT2D eigenvalue weighted by atomic mass is 16.6. The fourth-order valence-electron chi connectivity index (χ4n) is 4.11. The minimum absolute atomic E-state index is 0.0530. The Bertz CT molecular complexity index is 1320. The third-order valence-electron chi connectivity index (χ3n) is 5.91. The van der Waals surface area contributed by atoms with Gasteiger partial charge in [-0.1, -0.05) is 37.6 Å². The number of unbranched alkanes of at least 4 members (excludes halogenated alkanes) is 1. The van der Waals surface area contributed by atoms with Crippen molar-refractivity contribution in [1.82, 2.24) is 9.88 Å². The number of aliphatic hydroxyl groups is 1. The molecule has 0 aliphatic carbocycles. The first-order valence-electron chi connectivity index (χ1n) is 11.6. The van der Waals surface area contributed by atoms with Gasteiger partial charge in [-0.25, -0.2) is 0 Å². The largest absolute Gasteiger partial charge is 0.507 e. The third-order valence-corrected chi connectivity index (χ3v) is 5.91. The van der Waals surface area contributed by atoms with Crippen LogP contribution in [0.2, 0.25) is 0 Å². The SMILES string of the molecule is CCCCOc1cccc(C(O)=C2C(=O)C(=O)N(Cc3ccncc3)C2c2cccc([N+](=O)[O-])c2)c1. The van der Waals surface area contributed by atoms with Crippen LogP contribution in [-0.4, -0.2) is 38.2 Å². The van der Waals surface area contributed by atoms with E-state index in [4.69, 9.17) is 4.74 Å². The Morgan fingerprint density at radius 1 is 1.11 bits per heavy atom. The van der Waals surface area contributed by atoms with E-state index in [2.05, 4.69) is 4.98 Å². The van der Waals surface area contributed by atoms with E-state index < -0.39 is 22.7 Å². The van der Waals surface area contributed by atoms with Crippen molar-refractivity contribution in [3.05, 3.63) is 105 Å². The summed E-state index contributed by atoms with van der Waals surface area (Å²) in [6, 6.07) is 14.8. The molecular weight excluding hydrogens is 462 g/mol. The summed E-state index contributed by atoms with van der Waals surface area (Å²) in [4.78, 5) is 42.6. The maximum absolute atomic E-state index is 13.2. The predicted octanol–water partition coefficient (Wildman–Crippen LogP) is 4.79. The highest BCUT2D eigenvalue weighted by molar-refractivity contribution is 6.46. The van der Waals surface area contributed by atoms with Crippen molar-refractivity contribution in [2.45, 2.75) is 32.4 Å². The van der Waals surface area contributed by atoms with E-state index in [1.807, 2.05) is 6.92 Å². The maximum atomic E-state index is 13.2. The molecule has 2 heterocycles. The molecule has 184 valence electrons. The predicted molar refractivity (Wildman–Crippen MR) is 132 cm³/mol. The molecule has 9 nitrogen and oxygen atoms in total. The number of aliphatic hydroxyl groups excluding tert-OH is 1. The third kappa shape index (κ3) is 5.10. The summed E-state index contributed by atoms with van der Waals surface area (Å²) < 4.78 is 5.72. The number of aromatic nitrogens is 1. The number of ether oxygens (including phenoxy) is 1. The zero-order valence-corrected chi connectivity index (χ0v) is 19.7. The monoisotopic (exact) mass is 487 g/mol. The van der Waals surface area contributed by atoms with Gasteiger partial charge in [-0.3, -0.25) is 24.7 Å². The molecule has 1 aromatic heterocycles. The summed E-state index contributed by atoms with van der Waals surface area (Å²) in [6.07, 6.45) is 4.96. The lowest BCUT2D eigenvalue weighted by Gasteiger charge is -2.25. The highest BCUT2D eigenvalue weighted by Crippen LogP contribution is 2.41. The van der Waals surface area contributed by atoms with E-state index in [1.54, 1.807) is 54.9 Å². The van der Waals surface area contributed by atoms with Gasteiger partial charge in [-0.05, 0) is 41.8 Å². The summed E-state index contributed by atoms with van der Waals surface area (Å²) in [7, 11) is 0. The van der Waals surface area contributed by atoms with E-state index in [9.17, 15) is 24.8 Å². The van der Waals surface area contributed by atoms with Gasteiger partial charge >= 0.3 is 0 Å². The second kappa shape index (κ2) is 10.8. The molecule has 1 amide bonds. The first kappa shape index (κ1) is 24.6. The van der Waals surface area contributed by atoms with Crippen LogP contribution in [-0.2, 0) is 16.1 Å². The van der Waals surface area contributed by atoms with Crippen molar-refractivity contribution in [1.29, 1.82) is 0 Å². The van der Waals surface area contributed by atoms with Gasteiger partial charge in [0, 0.05) is 36.6 Å². The average Bonchev–Trinajstić information content (AvgIpc) is 3.14. The number of nitrogens with zero attached hydrogens (tertiary/aromatic N) is 3. The summed E-state index contributed by atoms with van der Waals surface area (Å²) in [5, 5.41) is 22.7. The van der Waals surface area contributed by atoms with Crippen molar-refractivity contribution < 1.29 is 24.4 Å². The Morgan fingerprint density at radius 2 is 1.86 bits per heavy atom. The molecule has 3 aromatic rings. The smallest absolute Gasteiger partial charge is 0.295 e. The Balaban J connectivity index is 1.82. The zero-order valence-electron chi connectivity index (χ0n) is 19.7. The summed E-state index contributed by atoms with van der Waals surface area (Å²) >= 11 is 0. The number of Topliss-reactive ketones (excluding diaryl/α,β-unsaturated/α-hetero) is 1. The van der Waals surface area contributed by atoms with Crippen LogP contribution in [0, 0.1) is 10.1 Å². The van der Waals surface area contributed by atoms with Crippen LogP contribution in [0.3, 0.4) is 0 Å². The molecule has 0 radical (unpaired) electrons. The number of non-ortho nitro benzene ring substituents is 1. The van der Waals surface area contributed by atoms with E-state index >= 15 is 0 Å². The molecule has 0 bridgehead atoms. The van der Waals surface area contributed by atoms with Crippen molar-refractivity contribution >= 4 is 23.1 Å². The number of nitro groups is 1. The van der Waals surface area contributed by atoms with Gasteiger partial charge in [0.2, 0.25) is 0 Å². The van der Waals surface area contributed by atoms with Crippen LogP contribution in [0.15, 0.2) is 78.6 Å².